The van der Waals surface area contributed by atoms with Crippen molar-refractivity contribution in [2.45, 2.75) is 6.54 Å². The van der Waals surface area contributed by atoms with E-state index < -0.39 is 0 Å². The van der Waals surface area contributed by atoms with Crippen molar-refractivity contribution in [1.82, 2.24) is 5.32 Å². The van der Waals surface area contributed by atoms with Gasteiger partial charge in [-0.1, -0.05) is 22.0 Å². The summed E-state index contributed by atoms with van der Waals surface area (Å²) in [6.45, 7) is 0.542. The molecule has 0 aromatic heterocycles. The average Bonchev–Trinajstić information content (AvgIpc) is 2.99. The molecule has 5 nitrogen and oxygen atoms in total. The van der Waals surface area contributed by atoms with E-state index in [-0.39, 0.29) is 19.3 Å². The molecule has 1 N–H and O–H groups in total. The van der Waals surface area contributed by atoms with E-state index in [0.29, 0.717) is 18.0 Å². The first-order valence-electron chi connectivity index (χ1n) is 6.95. The molecule has 1 aliphatic heterocycles. The van der Waals surface area contributed by atoms with Crippen LogP contribution >= 0.6 is 47.8 Å². The van der Waals surface area contributed by atoms with Crippen LogP contribution in [0.5, 0.6) is 17.2 Å². The number of hydrogen-bond donors (Lipinski definition) is 1. The van der Waals surface area contributed by atoms with Gasteiger partial charge in [0, 0.05) is 11.0 Å². The van der Waals surface area contributed by atoms with Gasteiger partial charge in [-0.3, -0.25) is 4.79 Å². The molecule has 2 aromatic carbocycles. The van der Waals surface area contributed by atoms with Crippen LogP contribution in [-0.2, 0) is 11.3 Å². The molecule has 1 amide bonds. The third kappa shape index (κ3) is 4.23. The summed E-state index contributed by atoms with van der Waals surface area (Å²) >= 11 is 10.2. The maximum absolute atomic E-state index is 12.0. The monoisotopic (exact) mass is 519 g/mol. The summed E-state index contributed by atoms with van der Waals surface area (Å²) < 4.78 is 18.6. The van der Waals surface area contributed by atoms with Gasteiger partial charge in [0.05, 0.1) is 8.95 Å². The fourth-order valence-corrected chi connectivity index (χ4v) is 4.59. The molecule has 3 rings (SSSR count). The Bertz CT molecular complexity index is 759. The Labute approximate surface area is 164 Å². The second-order valence-corrected chi connectivity index (χ2v) is 7.58. The number of nitrogens with one attached hydrogen (secondary N) is 1. The summed E-state index contributed by atoms with van der Waals surface area (Å²) in [4.78, 5) is 12.0. The highest BCUT2D eigenvalue weighted by atomic mass is 79.9. The molecule has 8 heteroatoms. The van der Waals surface area contributed by atoms with E-state index in [1.165, 1.54) is 0 Å². The van der Waals surface area contributed by atoms with Crippen LogP contribution in [0.15, 0.2) is 43.7 Å². The van der Waals surface area contributed by atoms with E-state index in [9.17, 15) is 4.79 Å². The van der Waals surface area contributed by atoms with Crippen molar-refractivity contribution in [3.05, 3.63) is 49.3 Å². The van der Waals surface area contributed by atoms with Crippen LogP contribution < -0.4 is 19.5 Å². The molecule has 24 heavy (non-hydrogen) atoms. The number of carbonyl (C=O) groups excluding carboxylic acids is 1. The highest BCUT2D eigenvalue weighted by Crippen LogP contribution is 2.36. The van der Waals surface area contributed by atoms with Crippen molar-refractivity contribution >= 4 is 53.7 Å². The SMILES string of the molecule is O=C(COc1c(Br)cc(Br)cc1Br)NCc1ccc2c(c1)OCO2. The Hall–Kier alpha value is -1.25. The van der Waals surface area contributed by atoms with Crippen LogP contribution in [0.2, 0.25) is 0 Å². The average molecular weight is 522 g/mol. The number of fused-ring (bicyclic) bond motifs is 1. The number of benzene rings is 2. The molecule has 0 bridgehead atoms. The second-order valence-electron chi connectivity index (χ2n) is 4.95. The Kier molecular flexibility index (Phi) is 5.68. The first-order chi connectivity index (χ1) is 11.5. The number of halogens is 3. The van der Waals surface area contributed by atoms with Crippen molar-refractivity contribution in [1.29, 1.82) is 0 Å². The van der Waals surface area contributed by atoms with Crippen LogP contribution in [0.4, 0.5) is 0 Å². The van der Waals surface area contributed by atoms with Gasteiger partial charge in [-0.05, 0) is 61.7 Å². The Morgan fingerprint density at radius 1 is 1.08 bits per heavy atom. The van der Waals surface area contributed by atoms with Crippen LogP contribution in [0.25, 0.3) is 0 Å². The Morgan fingerprint density at radius 2 is 1.79 bits per heavy atom. The molecule has 0 unspecified atom stereocenters. The van der Waals surface area contributed by atoms with Gasteiger partial charge in [0.2, 0.25) is 6.79 Å². The molecule has 0 aliphatic carbocycles. The lowest BCUT2D eigenvalue weighted by atomic mass is 10.2. The lowest BCUT2D eigenvalue weighted by molar-refractivity contribution is -0.123. The maximum Gasteiger partial charge on any atom is 0.258 e. The van der Waals surface area contributed by atoms with Crippen molar-refractivity contribution in [3.63, 3.8) is 0 Å². The summed E-state index contributed by atoms with van der Waals surface area (Å²) in [5, 5.41) is 2.81. The highest BCUT2D eigenvalue weighted by Gasteiger charge is 2.14. The van der Waals surface area contributed by atoms with E-state index in [1.54, 1.807) is 0 Å². The first-order valence-corrected chi connectivity index (χ1v) is 9.33. The van der Waals surface area contributed by atoms with Gasteiger partial charge in [-0.25, -0.2) is 0 Å². The van der Waals surface area contributed by atoms with Crippen LogP contribution in [0.1, 0.15) is 5.56 Å². The Morgan fingerprint density at radius 3 is 2.54 bits per heavy atom. The molecule has 0 fully saturated rings. The summed E-state index contributed by atoms with van der Waals surface area (Å²) in [6, 6.07) is 9.27. The van der Waals surface area contributed by atoms with Gasteiger partial charge in [-0.15, -0.1) is 0 Å². The molecule has 1 heterocycles. The molecule has 2 aromatic rings. The normalized spacial score (nSPS) is 12.1. The topological polar surface area (TPSA) is 56.8 Å². The van der Waals surface area contributed by atoms with Crippen molar-refractivity contribution < 1.29 is 19.0 Å². The van der Waals surface area contributed by atoms with E-state index >= 15 is 0 Å². The fraction of sp³-hybridized carbons (Fsp3) is 0.188. The van der Waals surface area contributed by atoms with Crippen molar-refractivity contribution in [2.24, 2.45) is 0 Å². The van der Waals surface area contributed by atoms with E-state index in [2.05, 4.69) is 53.1 Å². The molecule has 1 aliphatic rings. The summed E-state index contributed by atoms with van der Waals surface area (Å²) in [5.74, 6) is 1.78. The summed E-state index contributed by atoms with van der Waals surface area (Å²) in [6.07, 6.45) is 0. The van der Waals surface area contributed by atoms with Gasteiger partial charge < -0.3 is 19.5 Å². The zero-order chi connectivity index (χ0) is 17.1. The number of hydrogen-bond acceptors (Lipinski definition) is 4. The summed E-state index contributed by atoms with van der Waals surface area (Å²) in [5.41, 5.74) is 0.929. The predicted molar refractivity (Wildman–Crippen MR) is 99.4 cm³/mol. The minimum atomic E-state index is -0.214. The fourth-order valence-electron chi connectivity index (χ4n) is 2.11. The number of ether oxygens (including phenoxy) is 3. The molecule has 0 saturated heterocycles. The minimum Gasteiger partial charge on any atom is -0.481 e. The van der Waals surface area contributed by atoms with Gasteiger partial charge in [0.1, 0.15) is 5.75 Å². The lowest BCUT2D eigenvalue weighted by Crippen LogP contribution is -2.28. The molecule has 126 valence electrons. The third-order valence-corrected chi connectivity index (χ3v) is 4.87. The maximum atomic E-state index is 12.0. The van der Waals surface area contributed by atoms with Gasteiger partial charge >= 0.3 is 0 Å². The smallest absolute Gasteiger partial charge is 0.258 e. The van der Waals surface area contributed by atoms with Crippen LogP contribution in [-0.4, -0.2) is 19.3 Å². The quantitative estimate of drug-likeness (QED) is 0.634. The van der Waals surface area contributed by atoms with Crippen molar-refractivity contribution in [3.8, 4) is 17.2 Å². The number of carbonyl (C=O) groups is 1. The van der Waals surface area contributed by atoms with E-state index in [1.807, 2.05) is 30.3 Å². The third-order valence-electron chi connectivity index (χ3n) is 3.24. The standard InChI is InChI=1S/C16H12Br3NO4/c17-10-4-11(18)16(12(19)5-10)22-7-15(21)20-6-9-1-2-13-14(3-9)24-8-23-13/h1-5H,6-8H2,(H,20,21). The van der Waals surface area contributed by atoms with Gasteiger partial charge in [0.25, 0.3) is 5.91 Å². The van der Waals surface area contributed by atoms with E-state index in [0.717, 1.165) is 24.7 Å². The molecule has 0 radical (unpaired) electrons. The number of amides is 1. The minimum absolute atomic E-state index is 0.0800. The first kappa shape index (κ1) is 17.6. The molecular weight excluding hydrogens is 510 g/mol. The van der Waals surface area contributed by atoms with Gasteiger partial charge in [0.15, 0.2) is 18.1 Å². The largest absolute Gasteiger partial charge is 0.481 e. The number of rotatable bonds is 5. The van der Waals surface area contributed by atoms with Crippen molar-refractivity contribution in [2.75, 3.05) is 13.4 Å². The predicted octanol–water partition coefficient (Wildman–Crippen LogP) is 4.40. The van der Waals surface area contributed by atoms with Crippen LogP contribution in [0.3, 0.4) is 0 Å². The molecular formula is C16H12Br3NO4. The highest BCUT2D eigenvalue weighted by molar-refractivity contribution is 9.11. The molecule has 0 saturated carbocycles. The second kappa shape index (κ2) is 7.76. The zero-order valence-electron chi connectivity index (χ0n) is 12.3. The zero-order valence-corrected chi connectivity index (χ0v) is 17.0. The lowest BCUT2D eigenvalue weighted by Gasteiger charge is -2.11. The van der Waals surface area contributed by atoms with E-state index in [4.69, 9.17) is 14.2 Å². The van der Waals surface area contributed by atoms with Crippen LogP contribution in [0, 0.1) is 0 Å². The van der Waals surface area contributed by atoms with Gasteiger partial charge in [-0.2, -0.15) is 0 Å². The molecule has 0 spiro atoms. The Balaban J connectivity index is 1.53. The molecule has 0 atom stereocenters. The summed E-state index contributed by atoms with van der Waals surface area (Å²) in [7, 11) is 0.